The molecular weight excluding hydrogens is 368 g/mol. The van der Waals surface area contributed by atoms with Crippen LogP contribution < -0.4 is 19.9 Å². The monoisotopic (exact) mass is 396 g/mol. The van der Waals surface area contributed by atoms with E-state index >= 15 is 0 Å². The molecule has 2 aromatic rings. The second-order valence-corrected chi connectivity index (χ2v) is 7.40. The summed E-state index contributed by atoms with van der Waals surface area (Å²) in [7, 11) is 1.63. The van der Waals surface area contributed by atoms with E-state index in [-0.39, 0.29) is 6.03 Å². The van der Waals surface area contributed by atoms with Crippen molar-refractivity contribution in [2.75, 3.05) is 61.5 Å². The number of aromatic nitrogens is 2. The number of rotatable bonds is 4. The third kappa shape index (κ3) is 4.70. The van der Waals surface area contributed by atoms with Gasteiger partial charge in [0.25, 0.3) is 0 Å². The molecule has 8 heteroatoms. The number of urea groups is 1. The average molecular weight is 396 g/mol. The number of piperidine rings is 1. The molecule has 8 nitrogen and oxygen atoms in total. The van der Waals surface area contributed by atoms with Crippen LogP contribution in [0.15, 0.2) is 36.5 Å². The van der Waals surface area contributed by atoms with E-state index in [9.17, 15) is 4.79 Å². The number of nitrogens with zero attached hydrogens (tertiary/aromatic N) is 5. The first-order valence-electron chi connectivity index (χ1n) is 10.3. The minimum atomic E-state index is -0.0773. The fraction of sp³-hybridized carbons (Fsp3) is 0.476. The summed E-state index contributed by atoms with van der Waals surface area (Å²) < 4.78 is 5.15. The number of ether oxygens (including phenoxy) is 1. The minimum absolute atomic E-state index is 0.0773. The smallest absolute Gasteiger partial charge is 0.321 e. The van der Waals surface area contributed by atoms with Gasteiger partial charge in [0, 0.05) is 51.2 Å². The number of piperazine rings is 1. The van der Waals surface area contributed by atoms with Crippen LogP contribution in [0.5, 0.6) is 5.75 Å². The molecule has 1 aromatic carbocycles. The molecule has 2 amide bonds. The fourth-order valence-electron chi connectivity index (χ4n) is 3.78. The second kappa shape index (κ2) is 8.98. The molecule has 0 unspecified atom stereocenters. The van der Waals surface area contributed by atoms with Crippen LogP contribution in [-0.4, -0.2) is 67.3 Å². The lowest BCUT2D eigenvalue weighted by atomic mass is 10.1. The number of amides is 2. The van der Waals surface area contributed by atoms with Gasteiger partial charge in [-0.15, -0.1) is 0 Å². The average Bonchev–Trinajstić information content (AvgIpc) is 2.80. The van der Waals surface area contributed by atoms with Crippen LogP contribution in [0.25, 0.3) is 0 Å². The van der Waals surface area contributed by atoms with Gasteiger partial charge in [0.05, 0.1) is 7.11 Å². The Hall–Kier alpha value is -3.03. The maximum atomic E-state index is 12.6. The summed E-state index contributed by atoms with van der Waals surface area (Å²) in [4.78, 5) is 28.1. The van der Waals surface area contributed by atoms with E-state index < -0.39 is 0 Å². The largest absolute Gasteiger partial charge is 0.497 e. The highest BCUT2D eigenvalue weighted by atomic mass is 16.5. The molecule has 2 aliphatic heterocycles. The van der Waals surface area contributed by atoms with Crippen molar-refractivity contribution >= 4 is 23.5 Å². The van der Waals surface area contributed by atoms with E-state index in [1.165, 1.54) is 19.3 Å². The van der Waals surface area contributed by atoms with Crippen molar-refractivity contribution in [3.63, 3.8) is 0 Å². The third-order valence-corrected chi connectivity index (χ3v) is 5.50. The summed E-state index contributed by atoms with van der Waals surface area (Å²) in [6, 6.07) is 9.24. The standard InChI is InChI=1S/C21H28N6O2/c1-29-18-7-5-17(6-8-18)23-21(28)27-15-13-25(14-16-27)19-9-10-22-20(24-19)26-11-3-2-4-12-26/h5-10H,2-4,11-16H2,1H3,(H,23,28). The summed E-state index contributed by atoms with van der Waals surface area (Å²) in [5.74, 6) is 2.53. The number of nitrogens with one attached hydrogen (secondary N) is 1. The van der Waals surface area contributed by atoms with Crippen molar-refractivity contribution in [2.45, 2.75) is 19.3 Å². The molecule has 0 aliphatic carbocycles. The molecule has 3 heterocycles. The number of anilines is 3. The number of hydrogen-bond donors (Lipinski definition) is 1. The Morgan fingerprint density at radius 1 is 0.931 bits per heavy atom. The van der Waals surface area contributed by atoms with Crippen LogP contribution in [0.4, 0.5) is 22.2 Å². The molecule has 2 fully saturated rings. The maximum Gasteiger partial charge on any atom is 0.321 e. The summed E-state index contributed by atoms with van der Waals surface area (Å²) >= 11 is 0. The summed E-state index contributed by atoms with van der Waals surface area (Å²) in [6.07, 6.45) is 5.54. The SMILES string of the molecule is COc1ccc(NC(=O)N2CCN(c3ccnc(N4CCCCC4)n3)CC2)cc1. The molecule has 1 aromatic heterocycles. The molecule has 2 aliphatic rings. The Kier molecular flexibility index (Phi) is 5.97. The first-order chi connectivity index (χ1) is 14.2. The molecule has 0 bridgehead atoms. The van der Waals surface area contributed by atoms with Gasteiger partial charge in [-0.05, 0) is 49.6 Å². The van der Waals surface area contributed by atoms with Crippen molar-refractivity contribution in [1.29, 1.82) is 0 Å². The van der Waals surface area contributed by atoms with Crippen LogP contribution in [-0.2, 0) is 0 Å². The first kappa shape index (κ1) is 19.3. The highest BCUT2D eigenvalue weighted by molar-refractivity contribution is 5.89. The van der Waals surface area contributed by atoms with E-state index in [2.05, 4.69) is 20.1 Å². The van der Waals surface area contributed by atoms with E-state index in [1.807, 2.05) is 41.4 Å². The fourth-order valence-corrected chi connectivity index (χ4v) is 3.78. The van der Waals surface area contributed by atoms with Crippen molar-refractivity contribution < 1.29 is 9.53 Å². The predicted octanol–water partition coefficient (Wildman–Crippen LogP) is 2.83. The Bertz CT molecular complexity index is 814. The van der Waals surface area contributed by atoms with E-state index in [4.69, 9.17) is 9.72 Å². The van der Waals surface area contributed by atoms with Gasteiger partial charge in [0.2, 0.25) is 5.95 Å². The summed E-state index contributed by atoms with van der Waals surface area (Å²) in [5.41, 5.74) is 0.764. The highest BCUT2D eigenvalue weighted by Gasteiger charge is 2.23. The zero-order valence-corrected chi connectivity index (χ0v) is 16.9. The summed E-state index contributed by atoms with van der Waals surface area (Å²) in [5, 5.41) is 2.95. The quantitative estimate of drug-likeness (QED) is 0.857. The molecule has 0 spiro atoms. The van der Waals surface area contributed by atoms with Crippen LogP contribution in [0, 0.1) is 0 Å². The molecule has 0 saturated carbocycles. The Labute approximate surface area is 171 Å². The van der Waals surface area contributed by atoms with Gasteiger partial charge in [-0.1, -0.05) is 0 Å². The van der Waals surface area contributed by atoms with Gasteiger partial charge in [0.15, 0.2) is 0 Å². The van der Waals surface area contributed by atoms with Gasteiger partial charge in [0.1, 0.15) is 11.6 Å². The normalized spacial score (nSPS) is 17.2. The molecular formula is C21H28N6O2. The van der Waals surface area contributed by atoms with Gasteiger partial charge in [-0.25, -0.2) is 9.78 Å². The van der Waals surface area contributed by atoms with Crippen molar-refractivity contribution in [3.8, 4) is 5.75 Å². The van der Waals surface area contributed by atoms with Gasteiger partial charge in [-0.2, -0.15) is 4.98 Å². The zero-order valence-electron chi connectivity index (χ0n) is 16.9. The number of carbonyl (C=O) groups is 1. The topological polar surface area (TPSA) is 73.8 Å². The highest BCUT2D eigenvalue weighted by Crippen LogP contribution is 2.20. The minimum Gasteiger partial charge on any atom is -0.497 e. The number of benzene rings is 1. The van der Waals surface area contributed by atoms with Crippen molar-refractivity contribution in [2.24, 2.45) is 0 Å². The molecule has 29 heavy (non-hydrogen) atoms. The Morgan fingerprint density at radius 3 is 2.34 bits per heavy atom. The van der Waals surface area contributed by atoms with Gasteiger partial charge >= 0.3 is 6.03 Å². The first-order valence-corrected chi connectivity index (χ1v) is 10.3. The lowest BCUT2D eigenvalue weighted by Gasteiger charge is -2.35. The third-order valence-electron chi connectivity index (χ3n) is 5.50. The van der Waals surface area contributed by atoms with E-state index in [0.717, 1.165) is 49.4 Å². The summed E-state index contributed by atoms with van der Waals surface area (Å²) in [6.45, 7) is 4.89. The molecule has 1 N–H and O–H groups in total. The Balaban J connectivity index is 1.32. The molecule has 0 radical (unpaired) electrons. The lowest BCUT2D eigenvalue weighted by molar-refractivity contribution is 0.208. The molecule has 0 atom stereocenters. The Morgan fingerprint density at radius 2 is 1.66 bits per heavy atom. The van der Waals surface area contributed by atoms with Crippen molar-refractivity contribution in [1.82, 2.24) is 14.9 Å². The van der Waals surface area contributed by atoms with Crippen molar-refractivity contribution in [3.05, 3.63) is 36.5 Å². The molecule has 4 rings (SSSR count). The molecule has 154 valence electrons. The van der Waals surface area contributed by atoms with Crippen LogP contribution in [0.3, 0.4) is 0 Å². The van der Waals surface area contributed by atoms with E-state index in [0.29, 0.717) is 13.1 Å². The van der Waals surface area contributed by atoms with Crippen LogP contribution in [0.1, 0.15) is 19.3 Å². The zero-order chi connectivity index (χ0) is 20.1. The number of hydrogen-bond acceptors (Lipinski definition) is 6. The predicted molar refractivity (Wildman–Crippen MR) is 114 cm³/mol. The van der Waals surface area contributed by atoms with Crippen LogP contribution in [0.2, 0.25) is 0 Å². The molecule has 2 saturated heterocycles. The lowest BCUT2D eigenvalue weighted by Crippen LogP contribution is -2.50. The number of methoxy groups -OCH3 is 1. The van der Waals surface area contributed by atoms with Crippen LogP contribution >= 0.6 is 0 Å². The maximum absolute atomic E-state index is 12.6. The number of carbonyl (C=O) groups excluding carboxylic acids is 1. The van der Waals surface area contributed by atoms with Gasteiger partial charge < -0.3 is 24.8 Å². The van der Waals surface area contributed by atoms with E-state index in [1.54, 1.807) is 7.11 Å². The van der Waals surface area contributed by atoms with Gasteiger partial charge in [-0.3, -0.25) is 0 Å². The second-order valence-electron chi connectivity index (χ2n) is 7.40.